The number of hydrogen-bond donors (Lipinski definition) is 7. The molecule has 0 rings (SSSR count). The van der Waals surface area contributed by atoms with Crippen LogP contribution in [0.3, 0.4) is 0 Å². The first kappa shape index (κ1) is 19.7. The van der Waals surface area contributed by atoms with Gasteiger partial charge in [-0.15, -0.1) is 0 Å². The number of nitrogens with two attached hydrogens (primary N) is 2. The summed E-state index contributed by atoms with van der Waals surface area (Å²) in [6, 6.07) is -1.16. The second-order valence-corrected chi connectivity index (χ2v) is 3.48. The van der Waals surface area contributed by atoms with E-state index in [2.05, 4.69) is 5.73 Å². The Morgan fingerprint density at radius 3 is 1.89 bits per heavy atom. The number of primary amides is 1. The van der Waals surface area contributed by atoms with E-state index in [1.165, 1.54) is 0 Å². The number of carboxylic acid groups (broad SMARTS) is 1. The summed E-state index contributed by atoms with van der Waals surface area (Å²) in [6.07, 6.45) is -4.94. The number of carboxylic acids is 1. The van der Waals surface area contributed by atoms with Crippen LogP contribution in [0.2, 0.25) is 0 Å². The molecule has 0 radical (unpaired) electrons. The molecule has 1 amide bonds. The van der Waals surface area contributed by atoms with Gasteiger partial charge in [0.25, 0.3) is 0 Å². The fourth-order valence-corrected chi connectivity index (χ4v) is 0.720. The Balaban J connectivity index is 0. The van der Waals surface area contributed by atoms with E-state index in [0.717, 1.165) is 0 Å². The predicted molar refractivity (Wildman–Crippen MR) is 60.6 cm³/mol. The molecule has 10 nitrogen and oxygen atoms in total. The van der Waals surface area contributed by atoms with Crippen LogP contribution in [0.4, 0.5) is 0 Å². The molecule has 19 heavy (non-hydrogen) atoms. The second kappa shape index (κ2) is 10.3. The first-order valence-corrected chi connectivity index (χ1v) is 5.04. The monoisotopic (exact) mass is 282 g/mol. The van der Waals surface area contributed by atoms with Crippen molar-refractivity contribution in [1.29, 1.82) is 0 Å². The molecule has 0 aliphatic heterocycles. The Kier molecular flexibility index (Phi) is 10.7. The minimum absolute atomic E-state index is 0.0869. The molecule has 0 aromatic heterocycles. The average Bonchev–Trinajstić information content (AvgIpc) is 2.35. The van der Waals surface area contributed by atoms with E-state index in [9.17, 15) is 14.4 Å². The first-order chi connectivity index (χ1) is 8.67. The molecule has 0 spiro atoms. The number of aliphatic carboxylic acids is 1. The topological polar surface area (TPSA) is 204 Å². The highest BCUT2D eigenvalue weighted by molar-refractivity contribution is 5.83. The molecule has 0 saturated carbocycles. The highest BCUT2D eigenvalue weighted by Crippen LogP contribution is 1.96. The van der Waals surface area contributed by atoms with Gasteiger partial charge in [0.2, 0.25) is 5.91 Å². The maximum Gasteiger partial charge on any atom is 0.321 e. The number of aliphatic hydroxyl groups is 4. The summed E-state index contributed by atoms with van der Waals surface area (Å²) in [6.45, 7) is -0.688. The molecule has 9 N–H and O–H groups in total. The van der Waals surface area contributed by atoms with Crippen molar-refractivity contribution >= 4 is 18.2 Å². The normalized spacial score (nSPS) is 16.3. The summed E-state index contributed by atoms with van der Waals surface area (Å²) in [4.78, 5) is 29.7. The highest BCUT2D eigenvalue weighted by atomic mass is 16.4. The van der Waals surface area contributed by atoms with E-state index in [-0.39, 0.29) is 12.7 Å². The van der Waals surface area contributed by atoms with Crippen LogP contribution >= 0.6 is 0 Å². The van der Waals surface area contributed by atoms with Crippen LogP contribution in [0.25, 0.3) is 0 Å². The van der Waals surface area contributed by atoms with Crippen LogP contribution in [-0.4, -0.2) is 74.7 Å². The van der Waals surface area contributed by atoms with Crippen molar-refractivity contribution in [2.45, 2.75) is 30.8 Å². The molecule has 0 aromatic rings. The van der Waals surface area contributed by atoms with Crippen molar-refractivity contribution in [3.05, 3.63) is 0 Å². The standard InChI is InChI=1S/C5H10O5.C4H8N2O3/c6-1-3(8)5(10)4(9)2-7;5-2(4(8)9)1-3(6)7/h1,3-5,7-10H,2H2;2H,1,5H2,(H2,6,7)(H,8,9)/t3-,4-,5+;2-/m00/s1. The molecule has 0 aliphatic rings. The summed E-state index contributed by atoms with van der Waals surface area (Å²) in [5.41, 5.74) is 9.57. The summed E-state index contributed by atoms with van der Waals surface area (Å²) in [5.74, 6) is -1.92. The van der Waals surface area contributed by atoms with Crippen molar-refractivity contribution in [3.8, 4) is 0 Å². The predicted octanol–water partition coefficient (Wildman–Crippen LogP) is -4.47. The molecule has 112 valence electrons. The molecule has 0 aliphatic carbocycles. The maximum absolute atomic E-state index is 9.99. The molecule has 10 heteroatoms. The molecule has 0 fully saturated rings. The minimum Gasteiger partial charge on any atom is -0.480 e. The average molecular weight is 282 g/mol. The molecule has 0 saturated heterocycles. The van der Waals surface area contributed by atoms with Gasteiger partial charge in [-0.2, -0.15) is 0 Å². The van der Waals surface area contributed by atoms with E-state index in [1.54, 1.807) is 0 Å². The van der Waals surface area contributed by atoms with Crippen LogP contribution in [0.15, 0.2) is 0 Å². The minimum atomic E-state index is -1.64. The zero-order chi connectivity index (χ0) is 15.6. The summed E-state index contributed by atoms with van der Waals surface area (Å²) in [7, 11) is 0. The Labute approximate surface area is 108 Å². The van der Waals surface area contributed by atoms with Gasteiger partial charge in [0.15, 0.2) is 6.29 Å². The molecule has 0 bridgehead atoms. The largest absolute Gasteiger partial charge is 0.480 e. The van der Waals surface area contributed by atoms with Crippen LogP contribution in [0.1, 0.15) is 6.42 Å². The van der Waals surface area contributed by atoms with Gasteiger partial charge >= 0.3 is 5.97 Å². The Morgan fingerprint density at radius 2 is 1.68 bits per heavy atom. The zero-order valence-corrected chi connectivity index (χ0v) is 9.92. The number of aliphatic hydroxyl groups excluding tert-OH is 4. The van der Waals surface area contributed by atoms with E-state index >= 15 is 0 Å². The number of carbonyl (C=O) groups excluding carboxylic acids is 2. The lowest BCUT2D eigenvalue weighted by Crippen LogP contribution is -2.40. The van der Waals surface area contributed by atoms with Crippen molar-refractivity contribution in [1.82, 2.24) is 0 Å². The Morgan fingerprint density at radius 1 is 1.21 bits per heavy atom. The van der Waals surface area contributed by atoms with Crippen molar-refractivity contribution < 1.29 is 39.9 Å². The van der Waals surface area contributed by atoms with E-state index < -0.39 is 42.8 Å². The van der Waals surface area contributed by atoms with E-state index in [1.807, 2.05) is 0 Å². The fraction of sp³-hybridized carbons (Fsp3) is 0.667. The summed E-state index contributed by atoms with van der Waals surface area (Å²) >= 11 is 0. The second-order valence-electron chi connectivity index (χ2n) is 3.48. The molecule has 0 aromatic carbocycles. The first-order valence-electron chi connectivity index (χ1n) is 5.04. The lowest BCUT2D eigenvalue weighted by atomic mass is 10.1. The molecular formula is C9H18N2O8. The number of amides is 1. The van der Waals surface area contributed by atoms with Crippen molar-refractivity contribution in [3.63, 3.8) is 0 Å². The van der Waals surface area contributed by atoms with Gasteiger partial charge in [0.05, 0.1) is 13.0 Å². The van der Waals surface area contributed by atoms with Crippen LogP contribution < -0.4 is 11.5 Å². The van der Waals surface area contributed by atoms with E-state index in [4.69, 9.17) is 31.3 Å². The van der Waals surface area contributed by atoms with Crippen LogP contribution in [-0.2, 0) is 14.4 Å². The smallest absolute Gasteiger partial charge is 0.321 e. The van der Waals surface area contributed by atoms with Crippen molar-refractivity contribution in [2.24, 2.45) is 11.5 Å². The molecule has 0 heterocycles. The third-order valence-electron chi connectivity index (χ3n) is 1.81. The van der Waals surface area contributed by atoms with Gasteiger partial charge in [0, 0.05) is 0 Å². The third-order valence-corrected chi connectivity index (χ3v) is 1.81. The quantitative estimate of drug-likeness (QED) is 0.224. The van der Waals surface area contributed by atoms with Gasteiger partial charge in [-0.05, 0) is 0 Å². The number of hydrogen-bond acceptors (Lipinski definition) is 8. The summed E-state index contributed by atoms with van der Waals surface area (Å²) < 4.78 is 0. The Hall–Kier alpha value is -1.59. The van der Waals surface area contributed by atoms with Gasteiger partial charge in [-0.3, -0.25) is 9.59 Å². The molecular weight excluding hydrogens is 264 g/mol. The lowest BCUT2D eigenvalue weighted by Gasteiger charge is -2.16. The van der Waals surface area contributed by atoms with Gasteiger partial charge in [-0.1, -0.05) is 0 Å². The highest BCUT2D eigenvalue weighted by Gasteiger charge is 2.22. The lowest BCUT2D eigenvalue weighted by molar-refractivity contribution is -0.140. The molecule has 0 unspecified atom stereocenters. The third kappa shape index (κ3) is 10.1. The van der Waals surface area contributed by atoms with Gasteiger partial charge < -0.3 is 41.8 Å². The van der Waals surface area contributed by atoms with Crippen molar-refractivity contribution in [2.75, 3.05) is 6.61 Å². The maximum atomic E-state index is 9.99. The summed E-state index contributed by atoms with van der Waals surface area (Å²) in [5, 5.41) is 42.2. The van der Waals surface area contributed by atoms with E-state index in [0.29, 0.717) is 0 Å². The zero-order valence-electron chi connectivity index (χ0n) is 9.92. The number of rotatable bonds is 7. The molecule has 4 atom stereocenters. The van der Waals surface area contributed by atoms with Gasteiger partial charge in [0.1, 0.15) is 24.4 Å². The SMILES string of the molecule is NC(=O)C[C@H](N)C(=O)O.O=C[C@H](O)[C@@H](O)[C@@H](O)CO. The number of aldehydes is 1. The number of carbonyl (C=O) groups is 3. The Bertz CT molecular complexity index is 298. The van der Waals surface area contributed by atoms with Gasteiger partial charge in [-0.25, -0.2) is 0 Å². The van der Waals surface area contributed by atoms with Crippen LogP contribution in [0.5, 0.6) is 0 Å². The fourth-order valence-electron chi connectivity index (χ4n) is 0.720. The van der Waals surface area contributed by atoms with Crippen LogP contribution in [0, 0.1) is 0 Å².